The SMILES string of the molecule is COC(=O)C(Cn1cccn1)N(C(=O)OC(C)(C)C)C(=O)OC(C)(C)C. The Balaban J connectivity index is 3.24. The first-order chi connectivity index (χ1) is 11.8. The van der Waals surface area contributed by atoms with Gasteiger partial charge >= 0.3 is 18.2 Å². The number of aromatic nitrogens is 2. The van der Waals surface area contributed by atoms with Crippen molar-refractivity contribution in [3.05, 3.63) is 18.5 Å². The minimum absolute atomic E-state index is 0.0990. The molecule has 1 unspecified atom stereocenters. The number of ether oxygens (including phenoxy) is 3. The number of amides is 2. The molecule has 1 aromatic rings. The number of hydrogen-bond acceptors (Lipinski definition) is 7. The van der Waals surface area contributed by atoms with Crippen LogP contribution in [0, 0.1) is 0 Å². The van der Waals surface area contributed by atoms with Crippen LogP contribution in [-0.2, 0) is 25.5 Å². The van der Waals surface area contributed by atoms with Crippen LogP contribution in [0.5, 0.6) is 0 Å². The van der Waals surface area contributed by atoms with Gasteiger partial charge in [0.1, 0.15) is 11.2 Å². The van der Waals surface area contributed by atoms with Crippen LogP contribution in [0.4, 0.5) is 9.59 Å². The molecule has 1 aromatic heterocycles. The van der Waals surface area contributed by atoms with Crippen LogP contribution < -0.4 is 0 Å². The predicted molar refractivity (Wildman–Crippen MR) is 92.3 cm³/mol. The zero-order valence-electron chi connectivity index (χ0n) is 16.3. The topological polar surface area (TPSA) is 100.0 Å². The maximum atomic E-state index is 12.6. The van der Waals surface area contributed by atoms with Gasteiger partial charge in [0.25, 0.3) is 0 Å². The number of carbonyl (C=O) groups excluding carboxylic acids is 3. The van der Waals surface area contributed by atoms with E-state index in [4.69, 9.17) is 14.2 Å². The Labute approximate surface area is 153 Å². The van der Waals surface area contributed by atoms with Crippen molar-refractivity contribution in [3.8, 4) is 0 Å². The average molecular weight is 369 g/mol. The Hall–Kier alpha value is -2.58. The summed E-state index contributed by atoms with van der Waals surface area (Å²) >= 11 is 0. The predicted octanol–water partition coefficient (Wildman–Crippen LogP) is 2.60. The van der Waals surface area contributed by atoms with Gasteiger partial charge in [-0.15, -0.1) is 0 Å². The molecule has 1 heterocycles. The maximum Gasteiger partial charge on any atom is 0.420 e. The zero-order valence-corrected chi connectivity index (χ0v) is 16.3. The van der Waals surface area contributed by atoms with Gasteiger partial charge in [0.15, 0.2) is 6.04 Å². The van der Waals surface area contributed by atoms with Crippen LogP contribution >= 0.6 is 0 Å². The van der Waals surface area contributed by atoms with Crippen molar-refractivity contribution < 1.29 is 28.6 Å². The highest BCUT2D eigenvalue weighted by atomic mass is 16.6. The van der Waals surface area contributed by atoms with Gasteiger partial charge in [-0.3, -0.25) is 4.68 Å². The second-order valence-corrected chi connectivity index (χ2v) is 7.60. The van der Waals surface area contributed by atoms with E-state index < -0.39 is 35.4 Å². The molecule has 0 N–H and O–H groups in total. The third-order valence-corrected chi connectivity index (χ3v) is 2.88. The molecular formula is C17H27N3O6. The molecular weight excluding hydrogens is 342 g/mol. The summed E-state index contributed by atoms with van der Waals surface area (Å²) in [4.78, 5) is 38.2. The fourth-order valence-corrected chi connectivity index (χ4v) is 1.93. The summed E-state index contributed by atoms with van der Waals surface area (Å²) in [5, 5.41) is 4.00. The summed E-state index contributed by atoms with van der Waals surface area (Å²) in [6, 6.07) is 0.351. The van der Waals surface area contributed by atoms with Crippen molar-refractivity contribution in [3.63, 3.8) is 0 Å². The minimum Gasteiger partial charge on any atom is -0.467 e. The molecule has 9 nitrogen and oxygen atoms in total. The summed E-state index contributed by atoms with van der Waals surface area (Å²) in [5.41, 5.74) is -1.74. The first kappa shape index (κ1) is 21.5. The van der Waals surface area contributed by atoms with Gasteiger partial charge in [0.05, 0.1) is 13.7 Å². The van der Waals surface area contributed by atoms with Crippen LogP contribution in [0.15, 0.2) is 18.5 Å². The van der Waals surface area contributed by atoms with E-state index in [1.165, 1.54) is 18.0 Å². The summed E-state index contributed by atoms with van der Waals surface area (Å²) in [6.07, 6.45) is 1.10. The molecule has 0 aromatic carbocycles. The molecule has 0 saturated carbocycles. The van der Waals surface area contributed by atoms with Gasteiger partial charge in [-0.05, 0) is 47.6 Å². The van der Waals surface area contributed by atoms with Crippen LogP contribution in [-0.4, -0.2) is 57.2 Å². The van der Waals surface area contributed by atoms with Crippen LogP contribution in [0.25, 0.3) is 0 Å². The van der Waals surface area contributed by atoms with Gasteiger partial charge in [-0.2, -0.15) is 10.00 Å². The monoisotopic (exact) mass is 369 g/mol. The lowest BCUT2D eigenvalue weighted by Gasteiger charge is -2.32. The highest BCUT2D eigenvalue weighted by molar-refractivity contribution is 5.94. The summed E-state index contributed by atoms with van der Waals surface area (Å²) in [5.74, 6) is -0.794. The minimum atomic E-state index is -1.30. The summed E-state index contributed by atoms with van der Waals surface area (Å²) in [7, 11) is 1.17. The molecule has 0 aliphatic rings. The molecule has 0 bridgehead atoms. The van der Waals surface area contributed by atoms with Crippen molar-refractivity contribution >= 4 is 18.2 Å². The average Bonchev–Trinajstić information content (AvgIpc) is 2.94. The highest BCUT2D eigenvalue weighted by Crippen LogP contribution is 2.18. The lowest BCUT2D eigenvalue weighted by Crippen LogP contribution is -2.53. The Morgan fingerprint density at radius 1 is 1.04 bits per heavy atom. The van der Waals surface area contributed by atoms with Gasteiger partial charge in [-0.1, -0.05) is 0 Å². The van der Waals surface area contributed by atoms with E-state index in [0.717, 1.165) is 0 Å². The number of nitrogens with zero attached hydrogens (tertiary/aromatic N) is 3. The van der Waals surface area contributed by atoms with E-state index in [-0.39, 0.29) is 6.54 Å². The molecule has 1 rings (SSSR count). The van der Waals surface area contributed by atoms with Crippen molar-refractivity contribution in [2.75, 3.05) is 7.11 Å². The Kier molecular flexibility index (Phi) is 6.77. The maximum absolute atomic E-state index is 12.6. The first-order valence-electron chi connectivity index (χ1n) is 8.14. The summed E-state index contributed by atoms with van der Waals surface area (Å²) < 4.78 is 16.7. The summed E-state index contributed by atoms with van der Waals surface area (Å²) in [6.45, 7) is 9.81. The van der Waals surface area contributed by atoms with Crippen molar-refractivity contribution in [2.24, 2.45) is 0 Å². The van der Waals surface area contributed by atoms with E-state index in [2.05, 4.69) is 5.10 Å². The molecule has 26 heavy (non-hydrogen) atoms. The second-order valence-electron chi connectivity index (χ2n) is 7.60. The van der Waals surface area contributed by atoms with Gasteiger partial charge in [0.2, 0.25) is 0 Å². The van der Waals surface area contributed by atoms with E-state index in [1.807, 2.05) is 0 Å². The largest absolute Gasteiger partial charge is 0.467 e. The zero-order chi connectivity index (χ0) is 20.1. The third-order valence-electron chi connectivity index (χ3n) is 2.88. The fraction of sp³-hybridized carbons (Fsp3) is 0.647. The smallest absolute Gasteiger partial charge is 0.420 e. The normalized spacial score (nSPS) is 12.9. The molecule has 1 atom stereocenters. The van der Waals surface area contributed by atoms with Crippen molar-refractivity contribution in [1.82, 2.24) is 14.7 Å². The van der Waals surface area contributed by atoms with Crippen molar-refractivity contribution in [2.45, 2.75) is 65.3 Å². The Morgan fingerprint density at radius 2 is 1.54 bits per heavy atom. The number of rotatable bonds is 4. The quantitative estimate of drug-likeness (QED) is 0.594. The standard InChI is InChI=1S/C17H27N3O6/c1-16(2,3)25-14(22)20(15(23)26-17(4,5)6)12(13(21)24-7)11-19-10-8-9-18-19/h8-10,12H,11H2,1-7H3. The lowest BCUT2D eigenvalue weighted by atomic mass is 10.2. The molecule has 0 radical (unpaired) electrons. The fourth-order valence-electron chi connectivity index (χ4n) is 1.93. The van der Waals surface area contributed by atoms with E-state index in [9.17, 15) is 14.4 Å². The van der Waals surface area contributed by atoms with Gasteiger partial charge in [-0.25, -0.2) is 14.4 Å². The Morgan fingerprint density at radius 3 is 1.88 bits per heavy atom. The highest BCUT2D eigenvalue weighted by Gasteiger charge is 2.41. The molecule has 0 aliphatic heterocycles. The molecule has 9 heteroatoms. The molecule has 0 spiro atoms. The number of methoxy groups -OCH3 is 1. The second kappa shape index (κ2) is 8.20. The molecule has 2 amide bonds. The van der Waals surface area contributed by atoms with E-state index in [1.54, 1.807) is 53.8 Å². The van der Waals surface area contributed by atoms with Crippen LogP contribution in [0.2, 0.25) is 0 Å². The number of esters is 1. The first-order valence-corrected chi connectivity index (χ1v) is 8.14. The lowest BCUT2D eigenvalue weighted by molar-refractivity contribution is -0.147. The number of imide groups is 1. The third kappa shape index (κ3) is 6.73. The molecule has 0 fully saturated rings. The molecule has 146 valence electrons. The van der Waals surface area contributed by atoms with Crippen molar-refractivity contribution in [1.29, 1.82) is 0 Å². The van der Waals surface area contributed by atoms with Crippen LogP contribution in [0.3, 0.4) is 0 Å². The number of hydrogen-bond donors (Lipinski definition) is 0. The molecule has 0 aliphatic carbocycles. The van der Waals surface area contributed by atoms with E-state index >= 15 is 0 Å². The Bertz CT molecular complexity index is 600. The van der Waals surface area contributed by atoms with Gasteiger partial charge in [0, 0.05) is 12.4 Å². The van der Waals surface area contributed by atoms with E-state index in [0.29, 0.717) is 4.90 Å². The van der Waals surface area contributed by atoms with Gasteiger partial charge < -0.3 is 14.2 Å². The molecule has 0 saturated heterocycles. The number of carbonyl (C=O) groups is 3. The van der Waals surface area contributed by atoms with Crippen LogP contribution in [0.1, 0.15) is 41.5 Å².